The maximum absolute atomic E-state index is 10.2. The summed E-state index contributed by atoms with van der Waals surface area (Å²) in [5, 5.41) is 8.09. The zero-order chi connectivity index (χ0) is 10.8. The van der Waals surface area contributed by atoms with E-state index in [1.54, 1.807) is 0 Å². The third-order valence-corrected chi connectivity index (χ3v) is 1.15. The fourth-order valence-corrected chi connectivity index (χ4v) is 0.534. The standard InChI is InChI=1S/C4H5NO3.H3O4P/c5-2-1(3(2)6)4(7)8;1-5(2,3)4/h1-2H,5H2,(H,7,8);(H3,1,2,3,4). The molecule has 2 atom stereocenters. The first-order chi connectivity index (χ1) is 5.64. The van der Waals surface area contributed by atoms with Crippen LogP contribution < -0.4 is 5.73 Å². The number of aliphatic carboxylic acids is 1. The number of phosphoric acid groups is 1. The number of ketones is 1. The maximum atomic E-state index is 10.2. The van der Waals surface area contributed by atoms with E-state index in [9.17, 15) is 9.59 Å². The lowest BCUT2D eigenvalue weighted by Gasteiger charge is -1.82. The van der Waals surface area contributed by atoms with Crippen LogP contribution in [0.1, 0.15) is 0 Å². The summed E-state index contributed by atoms with van der Waals surface area (Å²) in [6.07, 6.45) is 0. The van der Waals surface area contributed by atoms with Gasteiger partial charge in [0.15, 0.2) is 5.78 Å². The number of Topliss-reactive ketones (excluding diaryl/α,β-unsaturated/α-hetero) is 1. The molecule has 1 aliphatic rings. The molecular formula is C4H8NO7P. The third-order valence-electron chi connectivity index (χ3n) is 1.15. The molecule has 0 aromatic rings. The number of carboxylic acids is 1. The van der Waals surface area contributed by atoms with Crippen LogP contribution in [-0.2, 0) is 14.2 Å². The zero-order valence-corrected chi connectivity index (χ0v) is 7.09. The molecule has 0 saturated heterocycles. The monoisotopic (exact) mass is 213 g/mol. The first-order valence-electron chi connectivity index (χ1n) is 2.95. The van der Waals surface area contributed by atoms with E-state index in [0.717, 1.165) is 0 Å². The van der Waals surface area contributed by atoms with E-state index in [-0.39, 0.29) is 5.78 Å². The van der Waals surface area contributed by atoms with Crippen LogP contribution in [0, 0.1) is 5.92 Å². The number of nitrogens with two attached hydrogens (primary N) is 1. The second kappa shape index (κ2) is 3.95. The quantitative estimate of drug-likeness (QED) is 0.239. The van der Waals surface area contributed by atoms with Crippen molar-refractivity contribution in [3.8, 4) is 0 Å². The molecular weight excluding hydrogens is 205 g/mol. The summed E-state index contributed by atoms with van der Waals surface area (Å²) in [6.45, 7) is 0. The molecule has 2 unspecified atom stereocenters. The minimum Gasteiger partial charge on any atom is -0.481 e. The predicted octanol–water partition coefficient (Wildman–Crippen LogP) is -2.33. The van der Waals surface area contributed by atoms with Gasteiger partial charge in [0.2, 0.25) is 0 Å². The van der Waals surface area contributed by atoms with Gasteiger partial charge < -0.3 is 25.5 Å². The Labute approximate surface area is 72.2 Å². The Morgan fingerprint density at radius 2 is 1.62 bits per heavy atom. The van der Waals surface area contributed by atoms with Crippen molar-refractivity contribution in [2.45, 2.75) is 6.04 Å². The van der Waals surface area contributed by atoms with E-state index in [2.05, 4.69) is 0 Å². The van der Waals surface area contributed by atoms with E-state index < -0.39 is 25.8 Å². The Kier molecular flexibility index (Phi) is 3.71. The van der Waals surface area contributed by atoms with E-state index in [4.69, 9.17) is 30.1 Å². The molecule has 13 heavy (non-hydrogen) atoms. The van der Waals surface area contributed by atoms with Gasteiger partial charge in [0, 0.05) is 0 Å². The van der Waals surface area contributed by atoms with Crippen LogP contribution in [0.25, 0.3) is 0 Å². The molecule has 0 aromatic heterocycles. The molecule has 76 valence electrons. The molecule has 0 heterocycles. The lowest BCUT2D eigenvalue weighted by Crippen LogP contribution is -2.08. The molecule has 1 aliphatic carbocycles. The van der Waals surface area contributed by atoms with Crippen LogP contribution in [0.4, 0.5) is 0 Å². The molecule has 0 radical (unpaired) electrons. The fraction of sp³-hybridized carbons (Fsp3) is 0.500. The van der Waals surface area contributed by atoms with Gasteiger partial charge >= 0.3 is 13.8 Å². The SMILES string of the molecule is NC1C(=O)C1C(=O)O.O=P(O)(O)O. The van der Waals surface area contributed by atoms with Gasteiger partial charge in [-0.25, -0.2) is 4.57 Å². The summed E-state index contributed by atoms with van der Waals surface area (Å²) >= 11 is 0. The average molecular weight is 213 g/mol. The van der Waals surface area contributed by atoms with E-state index in [1.807, 2.05) is 0 Å². The van der Waals surface area contributed by atoms with Crippen molar-refractivity contribution in [1.29, 1.82) is 0 Å². The van der Waals surface area contributed by atoms with E-state index >= 15 is 0 Å². The molecule has 1 fully saturated rings. The van der Waals surface area contributed by atoms with Crippen LogP contribution in [0.5, 0.6) is 0 Å². The number of carboxylic acid groups (broad SMARTS) is 1. The normalized spacial score (nSPS) is 26.0. The van der Waals surface area contributed by atoms with Gasteiger partial charge in [0.05, 0.1) is 6.04 Å². The van der Waals surface area contributed by atoms with Gasteiger partial charge in [-0.15, -0.1) is 0 Å². The van der Waals surface area contributed by atoms with Crippen molar-refractivity contribution in [2.75, 3.05) is 0 Å². The summed E-state index contributed by atoms with van der Waals surface area (Å²) in [5.74, 6) is -2.38. The van der Waals surface area contributed by atoms with Crippen molar-refractivity contribution >= 4 is 19.6 Å². The van der Waals surface area contributed by atoms with Gasteiger partial charge in [0.1, 0.15) is 5.92 Å². The van der Waals surface area contributed by atoms with Gasteiger partial charge in [0.25, 0.3) is 0 Å². The molecule has 0 aliphatic heterocycles. The Bertz CT molecular complexity index is 253. The van der Waals surface area contributed by atoms with Crippen molar-refractivity contribution in [2.24, 2.45) is 11.7 Å². The summed E-state index contributed by atoms with van der Waals surface area (Å²) in [6, 6.07) is -0.729. The summed E-state index contributed by atoms with van der Waals surface area (Å²) in [7, 11) is -4.64. The first-order valence-corrected chi connectivity index (χ1v) is 4.51. The van der Waals surface area contributed by atoms with Crippen LogP contribution in [0.2, 0.25) is 0 Å². The van der Waals surface area contributed by atoms with Crippen LogP contribution in [-0.4, -0.2) is 37.6 Å². The second-order valence-corrected chi connectivity index (χ2v) is 3.28. The Hall–Kier alpha value is -0.790. The van der Waals surface area contributed by atoms with Crippen LogP contribution in [0.3, 0.4) is 0 Å². The number of carbonyl (C=O) groups excluding carboxylic acids is 1. The summed E-state index contributed by atoms with van der Waals surface area (Å²) in [4.78, 5) is 41.6. The smallest absolute Gasteiger partial charge is 0.466 e. The van der Waals surface area contributed by atoms with Crippen molar-refractivity contribution in [1.82, 2.24) is 0 Å². The molecule has 0 spiro atoms. The van der Waals surface area contributed by atoms with E-state index in [1.165, 1.54) is 0 Å². The molecule has 0 bridgehead atoms. The minimum atomic E-state index is -4.64. The molecule has 6 N–H and O–H groups in total. The highest BCUT2D eigenvalue weighted by Gasteiger charge is 2.52. The minimum absolute atomic E-state index is 0.363. The van der Waals surface area contributed by atoms with Crippen molar-refractivity contribution in [3.63, 3.8) is 0 Å². The Morgan fingerprint density at radius 1 is 1.38 bits per heavy atom. The number of hydrogen-bond donors (Lipinski definition) is 5. The highest BCUT2D eigenvalue weighted by molar-refractivity contribution is 7.45. The topological polar surface area (TPSA) is 158 Å². The molecule has 1 rings (SSSR count). The highest BCUT2D eigenvalue weighted by atomic mass is 31.2. The van der Waals surface area contributed by atoms with Crippen molar-refractivity contribution < 1.29 is 33.9 Å². The molecule has 8 nitrogen and oxygen atoms in total. The van der Waals surface area contributed by atoms with Crippen LogP contribution in [0.15, 0.2) is 0 Å². The number of hydrogen-bond acceptors (Lipinski definition) is 4. The Morgan fingerprint density at radius 3 is 1.62 bits per heavy atom. The lowest BCUT2D eigenvalue weighted by atomic mass is 10.4. The number of carbonyl (C=O) groups is 2. The summed E-state index contributed by atoms with van der Waals surface area (Å²) < 4.78 is 8.88. The number of rotatable bonds is 1. The fourth-order valence-electron chi connectivity index (χ4n) is 0.534. The van der Waals surface area contributed by atoms with E-state index in [0.29, 0.717) is 0 Å². The second-order valence-electron chi connectivity index (χ2n) is 2.26. The van der Waals surface area contributed by atoms with Gasteiger partial charge in [-0.2, -0.15) is 0 Å². The summed E-state index contributed by atoms with van der Waals surface area (Å²) in [5.41, 5.74) is 4.98. The first kappa shape index (κ1) is 12.2. The molecule has 0 aromatic carbocycles. The lowest BCUT2D eigenvalue weighted by molar-refractivity contribution is -0.139. The molecule has 0 amide bonds. The third kappa shape index (κ3) is 5.45. The Balaban J connectivity index is 0.000000252. The average Bonchev–Trinajstić information content (AvgIpc) is 2.35. The molecule has 1 saturated carbocycles. The molecule has 9 heteroatoms. The predicted molar refractivity (Wildman–Crippen MR) is 38.4 cm³/mol. The van der Waals surface area contributed by atoms with Gasteiger partial charge in [-0.3, -0.25) is 9.59 Å². The van der Waals surface area contributed by atoms with Crippen LogP contribution >= 0.6 is 7.82 Å². The zero-order valence-electron chi connectivity index (χ0n) is 6.19. The van der Waals surface area contributed by atoms with Crippen molar-refractivity contribution in [3.05, 3.63) is 0 Å². The maximum Gasteiger partial charge on any atom is 0.466 e. The van der Waals surface area contributed by atoms with Gasteiger partial charge in [-0.05, 0) is 0 Å². The van der Waals surface area contributed by atoms with Gasteiger partial charge in [-0.1, -0.05) is 0 Å². The highest BCUT2D eigenvalue weighted by Crippen LogP contribution is 2.25. The largest absolute Gasteiger partial charge is 0.481 e.